The van der Waals surface area contributed by atoms with Crippen LogP contribution in [-0.4, -0.2) is 19.0 Å². The van der Waals surface area contributed by atoms with Gasteiger partial charge in [0.05, 0.1) is 24.8 Å². The Morgan fingerprint density at radius 2 is 1.69 bits per heavy atom. The van der Waals surface area contributed by atoms with Crippen LogP contribution in [0.25, 0.3) is 0 Å². The first-order valence-corrected chi connectivity index (χ1v) is 9.82. The number of hydrogen-bond acceptors (Lipinski definition) is 4. The van der Waals surface area contributed by atoms with Crippen molar-refractivity contribution in [3.63, 3.8) is 0 Å². The normalized spacial score (nSPS) is 10.3. The number of hydrogen-bond donors (Lipinski definition) is 1. The van der Waals surface area contributed by atoms with E-state index < -0.39 is 5.97 Å². The van der Waals surface area contributed by atoms with E-state index in [0.29, 0.717) is 27.8 Å². The fourth-order valence-corrected chi connectivity index (χ4v) is 3.01. The van der Waals surface area contributed by atoms with Crippen molar-refractivity contribution in [2.45, 2.75) is 6.42 Å². The molecule has 1 amide bonds. The zero-order chi connectivity index (χ0) is 20.8. The summed E-state index contributed by atoms with van der Waals surface area (Å²) < 4.78 is 11.5. The Kier molecular flexibility index (Phi) is 6.90. The van der Waals surface area contributed by atoms with Gasteiger partial charge in [0.25, 0.3) is 0 Å². The largest absolute Gasteiger partial charge is 0.465 e. The summed E-state index contributed by atoms with van der Waals surface area (Å²) in [7, 11) is 1.32. The number of rotatable bonds is 6. The molecule has 29 heavy (non-hydrogen) atoms. The molecular formula is C22H17BrClNO4. The second-order valence-corrected chi connectivity index (χ2v) is 7.46. The molecule has 0 aliphatic heterocycles. The Hall–Kier alpha value is -2.83. The standard InChI is InChI=1S/C22H17BrClNO4/c1-28-22(27)15-4-9-18(10-5-15)29-20-11-8-17(24)13-19(20)25-21(26)12-14-2-6-16(23)7-3-14/h2-11,13H,12H2,1H3,(H,25,26). The fourth-order valence-electron chi connectivity index (χ4n) is 2.57. The van der Waals surface area contributed by atoms with Crippen molar-refractivity contribution >= 4 is 45.1 Å². The van der Waals surface area contributed by atoms with Gasteiger partial charge in [0.1, 0.15) is 5.75 Å². The first-order chi connectivity index (χ1) is 13.9. The minimum absolute atomic E-state index is 0.194. The zero-order valence-corrected chi connectivity index (χ0v) is 17.8. The molecule has 3 rings (SSSR count). The monoisotopic (exact) mass is 473 g/mol. The molecule has 0 saturated carbocycles. The van der Waals surface area contributed by atoms with Crippen LogP contribution < -0.4 is 10.1 Å². The van der Waals surface area contributed by atoms with Crippen molar-refractivity contribution in [3.05, 3.63) is 87.4 Å². The summed E-state index contributed by atoms with van der Waals surface area (Å²) in [5, 5.41) is 3.31. The van der Waals surface area contributed by atoms with Gasteiger partial charge in [-0.05, 0) is 60.2 Å². The lowest BCUT2D eigenvalue weighted by Gasteiger charge is -2.13. The van der Waals surface area contributed by atoms with E-state index in [-0.39, 0.29) is 12.3 Å². The Morgan fingerprint density at radius 3 is 2.34 bits per heavy atom. The van der Waals surface area contributed by atoms with Gasteiger partial charge in [-0.2, -0.15) is 0 Å². The molecule has 0 fully saturated rings. The number of carbonyl (C=O) groups excluding carboxylic acids is 2. The molecule has 5 nitrogen and oxygen atoms in total. The van der Waals surface area contributed by atoms with E-state index in [4.69, 9.17) is 16.3 Å². The van der Waals surface area contributed by atoms with Gasteiger partial charge in [-0.25, -0.2) is 4.79 Å². The first-order valence-electron chi connectivity index (χ1n) is 8.64. The van der Waals surface area contributed by atoms with Gasteiger partial charge in [0.15, 0.2) is 5.75 Å². The van der Waals surface area contributed by atoms with Crippen molar-refractivity contribution in [2.75, 3.05) is 12.4 Å². The maximum Gasteiger partial charge on any atom is 0.337 e. The second kappa shape index (κ2) is 9.58. The minimum Gasteiger partial charge on any atom is -0.465 e. The number of carbonyl (C=O) groups is 2. The van der Waals surface area contributed by atoms with E-state index in [1.165, 1.54) is 7.11 Å². The molecular weight excluding hydrogens is 458 g/mol. The minimum atomic E-state index is -0.427. The molecule has 148 valence electrons. The van der Waals surface area contributed by atoms with Crippen molar-refractivity contribution < 1.29 is 19.1 Å². The summed E-state index contributed by atoms with van der Waals surface area (Å²) in [5.74, 6) is 0.317. The first kappa shape index (κ1) is 20.9. The van der Waals surface area contributed by atoms with Gasteiger partial charge in [-0.15, -0.1) is 0 Å². The van der Waals surface area contributed by atoms with Crippen LogP contribution in [0.2, 0.25) is 5.02 Å². The lowest BCUT2D eigenvalue weighted by Crippen LogP contribution is -2.15. The Morgan fingerprint density at radius 1 is 1.00 bits per heavy atom. The quantitative estimate of drug-likeness (QED) is 0.454. The maximum absolute atomic E-state index is 12.5. The van der Waals surface area contributed by atoms with Crippen LogP contribution in [0, 0.1) is 0 Å². The van der Waals surface area contributed by atoms with E-state index in [2.05, 4.69) is 26.0 Å². The van der Waals surface area contributed by atoms with E-state index in [1.54, 1.807) is 42.5 Å². The molecule has 0 spiro atoms. The summed E-state index contributed by atoms with van der Waals surface area (Å²) in [6.07, 6.45) is 0.215. The third-order valence-electron chi connectivity index (χ3n) is 4.00. The molecule has 3 aromatic carbocycles. The molecule has 7 heteroatoms. The van der Waals surface area contributed by atoms with E-state index in [1.807, 2.05) is 24.3 Å². The van der Waals surface area contributed by atoms with Crippen LogP contribution in [0.4, 0.5) is 5.69 Å². The lowest BCUT2D eigenvalue weighted by atomic mass is 10.1. The molecule has 0 saturated heterocycles. The average molecular weight is 475 g/mol. The third kappa shape index (κ3) is 5.82. The van der Waals surface area contributed by atoms with Crippen LogP contribution >= 0.6 is 27.5 Å². The average Bonchev–Trinajstić information content (AvgIpc) is 2.71. The second-order valence-electron chi connectivity index (χ2n) is 6.11. The molecule has 0 radical (unpaired) electrons. The maximum atomic E-state index is 12.5. The topological polar surface area (TPSA) is 64.6 Å². The molecule has 0 heterocycles. The molecule has 0 aliphatic carbocycles. The molecule has 0 aromatic heterocycles. The van der Waals surface area contributed by atoms with Crippen LogP contribution in [0.5, 0.6) is 11.5 Å². The highest BCUT2D eigenvalue weighted by molar-refractivity contribution is 9.10. The van der Waals surface area contributed by atoms with Crippen LogP contribution in [0.3, 0.4) is 0 Å². The lowest BCUT2D eigenvalue weighted by molar-refractivity contribution is -0.115. The van der Waals surface area contributed by atoms with Crippen LogP contribution in [0.1, 0.15) is 15.9 Å². The summed E-state index contributed by atoms with van der Waals surface area (Å²) in [6, 6.07) is 19.0. The number of halogens is 2. The summed E-state index contributed by atoms with van der Waals surface area (Å²) in [6.45, 7) is 0. The summed E-state index contributed by atoms with van der Waals surface area (Å²) in [5.41, 5.74) is 1.75. The van der Waals surface area contributed by atoms with E-state index in [9.17, 15) is 9.59 Å². The number of ether oxygens (including phenoxy) is 2. The SMILES string of the molecule is COC(=O)c1ccc(Oc2ccc(Cl)cc2NC(=O)Cc2ccc(Br)cc2)cc1. The fraction of sp³-hybridized carbons (Fsp3) is 0.0909. The Balaban J connectivity index is 1.74. The van der Waals surface area contributed by atoms with Crippen molar-refractivity contribution in [1.29, 1.82) is 0 Å². The number of nitrogens with one attached hydrogen (secondary N) is 1. The van der Waals surface area contributed by atoms with Crippen LogP contribution in [0.15, 0.2) is 71.2 Å². The molecule has 1 N–H and O–H groups in total. The van der Waals surface area contributed by atoms with Crippen molar-refractivity contribution in [2.24, 2.45) is 0 Å². The van der Waals surface area contributed by atoms with Gasteiger partial charge in [0, 0.05) is 9.50 Å². The number of esters is 1. The van der Waals surface area contributed by atoms with Crippen molar-refractivity contribution in [1.82, 2.24) is 0 Å². The predicted octanol–water partition coefficient (Wildman–Crippen LogP) is 5.86. The number of benzene rings is 3. The van der Waals surface area contributed by atoms with Gasteiger partial charge in [0.2, 0.25) is 5.91 Å². The number of amides is 1. The Bertz CT molecular complexity index is 1020. The van der Waals surface area contributed by atoms with E-state index >= 15 is 0 Å². The van der Waals surface area contributed by atoms with Crippen molar-refractivity contribution in [3.8, 4) is 11.5 Å². The highest BCUT2D eigenvalue weighted by Gasteiger charge is 2.12. The zero-order valence-electron chi connectivity index (χ0n) is 15.4. The molecule has 3 aromatic rings. The molecule has 0 unspecified atom stereocenters. The van der Waals surface area contributed by atoms with Crippen LogP contribution in [-0.2, 0) is 16.0 Å². The van der Waals surface area contributed by atoms with Gasteiger partial charge in [-0.3, -0.25) is 4.79 Å². The number of methoxy groups -OCH3 is 1. The summed E-state index contributed by atoms with van der Waals surface area (Å²) in [4.78, 5) is 24.0. The summed E-state index contributed by atoms with van der Waals surface area (Å²) >= 11 is 9.46. The highest BCUT2D eigenvalue weighted by Crippen LogP contribution is 2.32. The Labute approximate surface area is 181 Å². The predicted molar refractivity (Wildman–Crippen MR) is 116 cm³/mol. The molecule has 0 atom stereocenters. The van der Waals surface area contributed by atoms with Gasteiger partial charge >= 0.3 is 5.97 Å². The number of anilines is 1. The smallest absolute Gasteiger partial charge is 0.337 e. The highest BCUT2D eigenvalue weighted by atomic mass is 79.9. The van der Waals surface area contributed by atoms with Gasteiger partial charge < -0.3 is 14.8 Å². The molecule has 0 bridgehead atoms. The molecule has 0 aliphatic rings. The van der Waals surface area contributed by atoms with Gasteiger partial charge in [-0.1, -0.05) is 39.7 Å². The third-order valence-corrected chi connectivity index (χ3v) is 4.76. The van der Waals surface area contributed by atoms with E-state index in [0.717, 1.165) is 10.0 Å².